The molecule has 0 saturated carbocycles. The molecule has 230 valence electrons. The fourth-order valence-electron chi connectivity index (χ4n) is 8.25. The molecule has 0 saturated heterocycles. The Kier molecular flexibility index (Phi) is 8.67. The summed E-state index contributed by atoms with van der Waals surface area (Å²) in [5.74, 6) is 5.09. The van der Waals surface area contributed by atoms with Crippen LogP contribution < -0.4 is 0 Å². The van der Waals surface area contributed by atoms with Crippen LogP contribution in [-0.2, 0) is 0 Å². The molecular formula is C38H46B4N4. The third-order valence-electron chi connectivity index (χ3n) is 9.82. The molecule has 2 aliphatic heterocycles. The van der Waals surface area contributed by atoms with E-state index in [1.54, 1.807) is 0 Å². The van der Waals surface area contributed by atoms with Gasteiger partial charge in [0, 0.05) is 35.0 Å². The molecule has 8 heteroatoms. The van der Waals surface area contributed by atoms with Crippen molar-refractivity contribution in [2.75, 3.05) is 28.2 Å². The maximum Gasteiger partial charge on any atom is 0.485 e. The zero-order chi connectivity index (χ0) is 32.9. The molecule has 0 amide bonds. The summed E-state index contributed by atoms with van der Waals surface area (Å²) in [4.78, 5) is 0. The topological polar surface area (TPSA) is 12.0 Å². The Morgan fingerprint density at radius 1 is 0.457 bits per heavy atom. The number of hydrogen-bond donors (Lipinski definition) is 0. The highest BCUT2D eigenvalue weighted by Gasteiger charge is 2.31. The first-order valence-corrected chi connectivity index (χ1v) is 16.6. The van der Waals surface area contributed by atoms with Gasteiger partial charge in [-0.25, -0.2) is 10.9 Å². The quantitative estimate of drug-likeness (QED) is 0.214. The van der Waals surface area contributed by atoms with Crippen molar-refractivity contribution in [3.63, 3.8) is 0 Å². The van der Waals surface area contributed by atoms with Gasteiger partial charge in [0.25, 0.3) is 0 Å². The van der Waals surface area contributed by atoms with Crippen molar-refractivity contribution in [3.8, 4) is 0 Å². The van der Waals surface area contributed by atoms with Crippen LogP contribution in [0.1, 0.15) is 44.5 Å². The first-order chi connectivity index (χ1) is 22.0. The van der Waals surface area contributed by atoms with Crippen LogP contribution in [0.2, 0.25) is 0 Å². The maximum absolute atomic E-state index is 2.73. The lowest BCUT2D eigenvalue weighted by atomic mass is 9.17. The Labute approximate surface area is 276 Å². The van der Waals surface area contributed by atoms with E-state index in [2.05, 4.69) is 184 Å². The van der Waals surface area contributed by atoms with Crippen LogP contribution in [0.3, 0.4) is 0 Å². The number of hydrogen-bond acceptors (Lipinski definition) is 0. The molecule has 2 aliphatic rings. The van der Waals surface area contributed by atoms with Crippen molar-refractivity contribution in [1.29, 1.82) is 0 Å². The summed E-state index contributed by atoms with van der Waals surface area (Å²) in [7, 11) is 8.89. The Balaban J connectivity index is 1.93. The Bertz CT molecular complexity index is 1910. The number of benzene rings is 4. The summed E-state index contributed by atoms with van der Waals surface area (Å²) >= 11 is 0. The van der Waals surface area contributed by atoms with Crippen molar-refractivity contribution in [3.05, 3.63) is 141 Å². The Morgan fingerprint density at radius 3 is 1.04 bits per heavy atom. The molecule has 46 heavy (non-hydrogen) atoms. The molecule has 0 aromatic heterocycles. The van der Waals surface area contributed by atoms with E-state index in [9.17, 15) is 0 Å². The molecule has 0 aliphatic carbocycles. The fraction of sp³-hybridized carbons (Fsp3) is 0.263. The molecule has 4 aromatic carbocycles. The number of rotatable bonds is 4. The summed E-state index contributed by atoms with van der Waals surface area (Å²) in [5, 5.41) is 0. The number of fused-ring (bicyclic) bond motifs is 1. The van der Waals surface area contributed by atoms with Gasteiger partial charge in [-0.1, -0.05) is 107 Å². The highest BCUT2D eigenvalue weighted by Crippen LogP contribution is 2.36. The molecule has 6 rings (SSSR count). The van der Waals surface area contributed by atoms with E-state index < -0.39 is 0 Å². The standard InChI is InChI=1S/C38H46B4N4/c1-27-21-29(3)37(30(4)22-27)45-39(43(7)8)25-36(34-19-15-12-16-20-34)42-41(45)35(33-17-13-11-14-18-33)26-40(44(9)10)46(42)38-31(5)23-28(2)24-32(38)6/h11-26H,1-10H3. The number of aryl methyl sites for hydroxylation is 6. The zero-order valence-electron chi connectivity index (χ0n) is 29.3. The highest BCUT2D eigenvalue weighted by atomic mass is 15.0. The maximum atomic E-state index is 2.73. The molecule has 0 atom stereocenters. The molecule has 2 heterocycles. The summed E-state index contributed by atoms with van der Waals surface area (Å²) in [5.41, 5.74) is 15.8. The van der Waals surface area contributed by atoms with Crippen LogP contribution >= 0.6 is 0 Å². The molecule has 0 fully saturated rings. The van der Waals surface area contributed by atoms with Crippen LogP contribution in [0.4, 0.5) is 11.4 Å². The second-order valence-corrected chi connectivity index (χ2v) is 13.9. The average molecular weight is 602 g/mol. The van der Waals surface area contributed by atoms with Crippen LogP contribution in [0.25, 0.3) is 10.9 Å². The lowest BCUT2D eigenvalue weighted by Gasteiger charge is -2.48. The minimum absolute atomic E-state index is 0.0337. The van der Waals surface area contributed by atoms with Crippen molar-refractivity contribution in [1.82, 2.24) is 0 Å². The predicted molar refractivity (Wildman–Crippen MR) is 197 cm³/mol. The summed E-state index contributed by atoms with van der Waals surface area (Å²) in [6.45, 7) is 13.7. The number of nitrogens with zero attached hydrogens (tertiary/aromatic N) is 4. The lowest BCUT2D eigenvalue weighted by Crippen LogP contribution is -2.51. The van der Waals surface area contributed by atoms with E-state index in [1.807, 2.05) is 0 Å². The van der Waals surface area contributed by atoms with Gasteiger partial charge in [0.1, 0.15) is 11.4 Å². The minimum Gasteiger partial charge on any atom is -0.656 e. The Morgan fingerprint density at radius 2 is 0.761 bits per heavy atom. The Hall–Kier alpha value is -4.18. The van der Waals surface area contributed by atoms with Gasteiger partial charge < -0.3 is 17.7 Å². The van der Waals surface area contributed by atoms with E-state index in [4.69, 9.17) is 0 Å². The van der Waals surface area contributed by atoms with Gasteiger partial charge >= 0.3 is 13.3 Å². The fourth-order valence-corrected chi connectivity index (χ4v) is 8.25. The van der Waals surface area contributed by atoms with Crippen molar-refractivity contribution < 1.29 is 17.7 Å². The first kappa shape index (κ1) is 31.8. The van der Waals surface area contributed by atoms with Crippen LogP contribution in [-0.4, -0.2) is 72.0 Å². The zero-order valence-corrected chi connectivity index (χ0v) is 29.3. The second kappa shape index (κ2) is 12.5. The van der Waals surface area contributed by atoms with Gasteiger partial charge in [-0.3, -0.25) is 0 Å². The molecular weight excluding hydrogens is 556 g/mol. The van der Waals surface area contributed by atoms with E-state index >= 15 is 0 Å². The van der Waals surface area contributed by atoms with Gasteiger partial charge in [0.05, 0.1) is 28.2 Å². The van der Waals surface area contributed by atoms with Crippen molar-refractivity contribution in [2.45, 2.75) is 41.5 Å². The first-order valence-electron chi connectivity index (χ1n) is 16.6. The van der Waals surface area contributed by atoms with Gasteiger partial charge in [-0.05, 0) is 41.5 Å². The van der Waals surface area contributed by atoms with Gasteiger partial charge in [-0.15, -0.1) is 12.0 Å². The molecule has 4 aromatic rings. The van der Waals surface area contributed by atoms with Crippen molar-refractivity contribution >= 4 is 48.4 Å². The van der Waals surface area contributed by atoms with Crippen LogP contribution in [0.5, 0.6) is 0 Å². The third-order valence-corrected chi connectivity index (χ3v) is 9.82. The van der Waals surface area contributed by atoms with Crippen molar-refractivity contribution in [2.24, 2.45) is 0 Å². The molecule has 0 radical (unpaired) electrons. The molecule has 0 spiro atoms. The SMILES string of the molecule is Cc1cc(C)c([N+]2=[B-]3[B-](=[N+](c4c(C)cc(C)cc4C)[B-](=[N+](C)C)C=C3c3ccccc3)C(c3ccccc3)=C[B-]2=[N+](C)C)c(C)c1. The van der Waals surface area contributed by atoms with Gasteiger partial charge in [-0.2, -0.15) is 0 Å². The normalized spacial score (nSPS) is 14.7. The highest BCUT2D eigenvalue weighted by molar-refractivity contribution is 7.26. The minimum atomic E-state index is 0.0337. The van der Waals surface area contributed by atoms with E-state index in [1.165, 1.54) is 66.8 Å². The second-order valence-electron chi connectivity index (χ2n) is 13.9. The molecule has 0 N–H and O–H groups in total. The summed E-state index contributed by atoms with van der Waals surface area (Å²) in [6, 6.07) is 31.6. The molecule has 0 unspecified atom stereocenters. The van der Waals surface area contributed by atoms with E-state index in [0.717, 1.165) is 0 Å². The van der Waals surface area contributed by atoms with E-state index in [-0.39, 0.29) is 26.1 Å². The molecule has 0 bridgehead atoms. The average Bonchev–Trinajstić information content (AvgIpc) is 3.00. The lowest BCUT2D eigenvalue weighted by molar-refractivity contribution is -0.495. The van der Waals surface area contributed by atoms with Gasteiger partial charge in [0.15, 0.2) is 0 Å². The summed E-state index contributed by atoms with van der Waals surface area (Å²) < 4.78 is 10.2. The molecule has 4 nitrogen and oxygen atoms in total. The summed E-state index contributed by atoms with van der Waals surface area (Å²) in [6.07, 6.45) is 0.0674. The predicted octanol–water partition coefficient (Wildman–Crippen LogP) is 7.53. The van der Waals surface area contributed by atoms with Crippen LogP contribution in [0.15, 0.2) is 96.9 Å². The van der Waals surface area contributed by atoms with Crippen LogP contribution in [0, 0.1) is 41.5 Å². The third kappa shape index (κ3) is 5.57. The van der Waals surface area contributed by atoms with E-state index in [0.29, 0.717) is 0 Å². The largest absolute Gasteiger partial charge is 0.656 e. The monoisotopic (exact) mass is 602 g/mol. The smallest absolute Gasteiger partial charge is 0.485 e. The van der Waals surface area contributed by atoms with Gasteiger partial charge in [0.2, 0.25) is 0 Å².